The van der Waals surface area contributed by atoms with Gasteiger partial charge in [0.2, 0.25) is 5.91 Å². The Labute approximate surface area is 153 Å². The Kier molecular flexibility index (Phi) is 5.68. The van der Waals surface area contributed by atoms with Crippen LogP contribution in [0, 0.1) is 6.92 Å². The summed E-state index contributed by atoms with van der Waals surface area (Å²) >= 11 is 0. The van der Waals surface area contributed by atoms with Crippen LogP contribution < -0.4 is 16.0 Å². The number of pyridine rings is 2. The van der Waals surface area contributed by atoms with Crippen molar-refractivity contribution in [2.24, 2.45) is 5.73 Å². The summed E-state index contributed by atoms with van der Waals surface area (Å²) in [6.45, 7) is 4.00. The standard InChI is InChI=1S/C19H27N5O2/c1-14-5-6-15-18(23-14)16(7-10-21-15)24-11-8-19(26,13-24)12-22-17(25)4-2-3-9-20/h5-7,10,26H,2-4,8-9,11-13,20H2,1H3,(H,22,25)/t19-/m0/s1. The number of nitrogens with two attached hydrogens (primary N) is 1. The van der Waals surface area contributed by atoms with Gasteiger partial charge in [0.05, 0.1) is 11.2 Å². The van der Waals surface area contributed by atoms with Crippen molar-refractivity contribution in [1.82, 2.24) is 15.3 Å². The molecule has 3 rings (SSSR count). The van der Waals surface area contributed by atoms with E-state index in [4.69, 9.17) is 5.73 Å². The van der Waals surface area contributed by atoms with Gasteiger partial charge in [-0.2, -0.15) is 0 Å². The van der Waals surface area contributed by atoms with E-state index in [1.165, 1.54) is 0 Å². The van der Waals surface area contributed by atoms with Crippen molar-refractivity contribution in [3.63, 3.8) is 0 Å². The van der Waals surface area contributed by atoms with Crippen molar-refractivity contribution >= 4 is 22.6 Å². The Balaban J connectivity index is 1.65. The molecule has 0 unspecified atom stereocenters. The molecular weight excluding hydrogens is 330 g/mol. The number of rotatable bonds is 7. The van der Waals surface area contributed by atoms with Crippen molar-refractivity contribution in [2.45, 2.75) is 38.2 Å². The van der Waals surface area contributed by atoms with E-state index in [9.17, 15) is 9.90 Å². The van der Waals surface area contributed by atoms with Crippen molar-refractivity contribution < 1.29 is 9.90 Å². The van der Waals surface area contributed by atoms with Gasteiger partial charge in [-0.05, 0) is 50.9 Å². The number of aromatic nitrogens is 2. The number of carbonyl (C=O) groups is 1. The summed E-state index contributed by atoms with van der Waals surface area (Å²) in [7, 11) is 0. The van der Waals surface area contributed by atoms with Crippen LogP contribution in [0.1, 0.15) is 31.4 Å². The Bertz CT molecular complexity index is 782. The van der Waals surface area contributed by atoms with Crippen LogP contribution in [-0.2, 0) is 4.79 Å². The van der Waals surface area contributed by atoms with Crippen molar-refractivity contribution in [2.75, 3.05) is 31.1 Å². The van der Waals surface area contributed by atoms with Crippen LogP contribution in [0.4, 0.5) is 5.69 Å². The molecule has 0 aliphatic carbocycles. The number of β-amino-alcohol motifs (C(OH)–C–C–N with tert-alkyl or cyclic N) is 1. The first-order chi connectivity index (χ1) is 12.5. The third-order valence-electron chi connectivity index (χ3n) is 4.85. The highest BCUT2D eigenvalue weighted by Crippen LogP contribution is 2.30. The second-order valence-corrected chi connectivity index (χ2v) is 7.07. The van der Waals surface area contributed by atoms with Gasteiger partial charge in [0, 0.05) is 37.9 Å². The number of nitrogens with one attached hydrogen (secondary N) is 1. The summed E-state index contributed by atoms with van der Waals surface area (Å²) in [6.07, 6.45) is 4.44. The molecule has 1 aliphatic rings. The van der Waals surface area contributed by atoms with Gasteiger partial charge in [-0.3, -0.25) is 9.78 Å². The van der Waals surface area contributed by atoms with Gasteiger partial charge < -0.3 is 21.1 Å². The quantitative estimate of drug-likeness (QED) is 0.642. The molecule has 1 fully saturated rings. The predicted octanol–water partition coefficient (Wildman–Crippen LogP) is 1.12. The van der Waals surface area contributed by atoms with E-state index in [2.05, 4.69) is 20.2 Å². The third kappa shape index (κ3) is 4.28. The number of nitrogens with zero attached hydrogens (tertiary/aromatic N) is 3. The second-order valence-electron chi connectivity index (χ2n) is 7.07. The van der Waals surface area contributed by atoms with Gasteiger partial charge >= 0.3 is 0 Å². The van der Waals surface area contributed by atoms with E-state index < -0.39 is 5.60 Å². The lowest BCUT2D eigenvalue weighted by Gasteiger charge is -2.25. The lowest BCUT2D eigenvalue weighted by atomic mass is 10.0. The summed E-state index contributed by atoms with van der Waals surface area (Å²) in [6, 6.07) is 5.84. The summed E-state index contributed by atoms with van der Waals surface area (Å²) < 4.78 is 0. The van der Waals surface area contributed by atoms with E-state index in [1.807, 2.05) is 25.1 Å². The average Bonchev–Trinajstić information content (AvgIpc) is 3.02. The van der Waals surface area contributed by atoms with Gasteiger partial charge in [-0.1, -0.05) is 0 Å². The number of hydrogen-bond acceptors (Lipinski definition) is 6. The van der Waals surface area contributed by atoms with E-state index >= 15 is 0 Å². The fourth-order valence-electron chi connectivity index (χ4n) is 3.35. The molecule has 7 nitrogen and oxygen atoms in total. The molecule has 140 valence electrons. The molecule has 7 heteroatoms. The summed E-state index contributed by atoms with van der Waals surface area (Å²) in [5.74, 6) is -0.0306. The van der Waals surface area contributed by atoms with Gasteiger partial charge in [0.1, 0.15) is 11.1 Å². The molecule has 0 aromatic carbocycles. The van der Waals surface area contributed by atoms with Crippen LogP contribution in [0.25, 0.3) is 11.0 Å². The Hall–Kier alpha value is -2.25. The molecule has 0 radical (unpaired) electrons. The summed E-state index contributed by atoms with van der Waals surface area (Å²) in [4.78, 5) is 23.0. The normalized spacial score (nSPS) is 19.9. The molecule has 0 spiro atoms. The predicted molar refractivity (Wildman–Crippen MR) is 102 cm³/mol. The molecule has 2 aromatic heterocycles. The maximum atomic E-state index is 11.9. The Morgan fingerprint density at radius 1 is 1.38 bits per heavy atom. The van der Waals surface area contributed by atoms with E-state index in [-0.39, 0.29) is 12.5 Å². The van der Waals surface area contributed by atoms with Gasteiger partial charge in [-0.25, -0.2) is 4.98 Å². The highest BCUT2D eigenvalue weighted by molar-refractivity contribution is 5.88. The van der Waals surface area contributed by atoms with Crippen LogP contribution in [0.15, 0.2) is 24.4 Å². The molecule has 1 saturated heterocycles. The molecule has 2 aromatic rings. The topological polar surface area (TPSA) is 104 Å². The molecule has 0 bridgehead atoms. The molecule has 4 N–H and O–H groups in total. The molecule has 1 amide bonds. The Morgan fingerprint density at radius 2 is 2.23 bits per heavy atom. The maximum Gasteiger partial charge on any atom is 0.220 e. The van der Waals surface area contributed by atoms with E-state index in [0.717, 1.165) is 35.3 Å². The lowest BCUT2D eigenvalue weighted by molar-refractivity contribution is -0.122. The maximum absolute atomic E-state index is 11.9. The molecule has 0 saturated carbocycles. The number of fused-ring (bicyclic) bond motifs is 1. The summed E-state index contributed by atoms with van der Waals surface area (Å²) in [5, 5.41) is 13.7. The highest BCUT2D eigenvalue weighted by Gasteiger charge is 2.37. The average molecular weight is 357 g/mol. The molecule has 3 heterocycles. The number of unbranched alkanes of at least 4 members (excludes halogenated alkanes) is 1. The van der Waals surface area contributed by atoms with Gasteiger partial charge in [0.15, 0.2) is 0 Å². The van der Waals surface area contributed by atoms with E-state index in [0.29, 0.717) is 32.5 Å². The largest absolute Gasteiger partial charge is 0.386 e. The highest BCUT2D eigenvalue weighted by atomic mass is 16.3. The SMILES string of the molecule is Cc1ccc2nccc(N3CC[C@](O)(CNC(=O)CCCCN)C3)c2n1. The minimum absolute atomic E-state index is 0.0306. The van der Waals surface area contributed by atoms with Crippen molar-refractivity contribution in [3.05, 3.63) is 30.1 Å². The number of aryl methyl sites for hydroxylation is 1. The molecule has 26 heavy (non-hydrogen) atoms. The van der Waals surface area contributed by atoms with Crippen molar-refractivity contribution in [3.8, 4) is 0 Å². The number of hydrogen-bond donors (Lipinski definition) is 3. The minimum atomic E-state index is -0.928. The monoisotopic (exact) mass is 357 g/mol. The molecule has 1 atom stereocenters. The van der Waals surface area contributed by atoms with Crippen LogP contribution in [0.2, 0.25) is 0 Å². The molecule has 1 aliphatic heterocycles. The first-order valence-corrected chi connectivity index (χ1v) is 9.17. The van der Waals surface area contributed by atoms with Crippen LogP contribution in [0.5, 0.6) is 0 Å². The van der Waals surface area contributed by atoms with E-state index in [1.54, 1.807) is 6.20 Å². The number of anilines is 1. The van der Waals surface area contributed by atoms with Crippen molar-refractivity contribution in [1.29, 1.82) is 0 Å². The number of aliphatic hydroxyl groups is 1. The first kappa shape index (κ1) is 18.5. The first-order valence-electron chi connectivity index (χ1n) is 9.17. The van der Waals surface area contributed by atoms with Crippen LogP contribution in [-0.4, -0.2) is 52.8 Å². The fourth-order valence-corrected chi connectivity index (χ4v) is 3.35. The molecular formula is C19H27N5O2. The fraction of sp³-hybridized carbons (Fsp3) is 0.526. The number of amides is 1. The minimum Gasteiger partial charge on any atom is -0.386 e. The summed E-state index contributed by atoms with van der Waals surface area (Å²) in [5.41, 5.74) is 8.12. The lowest BCUT2D eigenvalue weighted by Crippen LogP contribution is -2.45. The van der Waals surface area contributed by atoms with Gasteiger partial charge in [-0.15, -0.1) is 0 Å². The number of carbonyl (C=O) groups excluding carboxylic acids is 1. The smallest absolute Gasteiger partial charge is 0.220 e. The third-order valence-corrected chi connectivity index (χ3v) is 4.85. The zero-order valence-electron chi connectivity index (χ0n) is 15.2. The Morgan fingerprint density at radius 3 is 3.04 bits per heavy atom. The van der Waals surface area contributed by atoms with Gasteiger partial charge in [0.25, 0.3) is 0 Å². The van der Waals surface area contributed by atoms with Crippen LogP contribution >= 0.6 is 0 Å². The second kappa shape index (κ2) is 7.97. The zero-order chi connectivity index (χ0) is 18.6. The van der Waals surface area contributed by atoms with Crippen LogP contribution in [0.3, 0.4) is 0 Å². The zero-order valence-corrected chi connectivity index (χ0v) is 15.2.